The standard InChI is InChI=1S/C18H22N6O2.C2HF3O2/c1-13-3-4-16(26-13)11-23-5-6-24-10-15(21-17(24)12-23)8-19-18(25)14-7-20-22(2)9-14;3-2(4,5)1(6)7/h3-4,7,9-10H,5-6,8,11-12H2,1-2H3,(H,19,25);(H,6,7). The van der Waals surface area contributed by atoms with Crippen LogP contribution in [0.25, 0.3) is 0 Å². The fraction of sp³-hybridized carbons (Fsp3) is 0.400. The molecule has 2 N–H and O–H groups in total. The van der Waals surface area contributed by atoms with E-state index in [0.717, 1.165) is 49.2 Å². The van der Waals surface area contributed by atoms with Gasteiger partial charge in [0.2, 0.25) is 0 Å². The highest BCUT2D eigenvalue weighted by Gasteiger charge is 2.38. The van der Waals surface area contributed by atoms with Crippen LogP contribution in [0.3, 0.4) is 0 Å². The normalized spacial score (nSPS) is 13.7. The number of nitrogens with one attached hydrogen (secondary N) is 1. The van der Waals surface area contributed by atoms with Gasteiger partial charge in [0.05, 0.1) is 37.1 Å². The van der Waals surface area contributed by atoms with Crippen molar-refractivity contribution in [3.63, 3.8) is 0 Å². The second-order valence-electron chi connectivity index (χ2n) is 7.45. The molecular weight excluding hydrogens is 445 g/mol. The molecule has 0 aliphatic carbocycles. The van der Waals surface area contributed by atoms with E-state index in [4.69, 9.17) is 14.3 Å². The van der Waals surface area contributed by atoms with Gasteiger partial charge in [-0.1, -0.05) is 0 Å². The summed E-state index contributed by atoms with van der Waals surface area (Å²) < 4.78 is 41.2. The molecule has 1 aliphatic rings. The van der Waals surface area contributed by atoms with Crippen molar-refractivity contribution in [3.05, 3.63) is 59.3 Å². The maximum absolute atomic E-state index is 12.1. The third-order valence-electron chi connectivity index (χ3n) is 4.75. The molecule has 0 saturated heterocycles. The number of hydrogen-bond acceptors (Lipinski definition) is 6. The van der Waals surface area contributed by atoms with Crippen LogP contribution in [0.15, 0.2) is 35.1 Å². The first kappa shape index (κ1) is 24.0. The van der Waals surface area contributed by atoms with Crippen molar-refractivity contribution < 1.29 is 32.3 Å². The van der Waals surface area contributed by atoms with Crippen LogP contribution in [-0.4, -0.2) is 53.9 Å². The molecule has 0 aromatic carbocycles. The molecule has 0 fully saturated rings. The van der Waals surface area contributed by atoms with Gasteiger partial charge in [-0.2, -0.15) is 18.3 Å². The zero-order valence-corrected chi connectivity index (χ0v) is 18.0. The highest BCUT2D eigenvalue weighted by molar-refractivity contribution is 5.93. The van der Waals surface area contributed by atoms with E-state index >= 15 is 0 Å². The molecule has 1 aliphatic heterocycles. The third kappa shape index (κ3) is 6.68. The number of imidazole rings is 1. The van der Waals surface area contributed by atoms with Crippen molar-refractivity contribution in [1.82, 2.24) is 29.5 Å². The van der Waals surface area contributed by atoms with Gasteiger partial charge in [0.25, 0.3) is 5.91 Å². The number of alkyl halides is 3. The summed E-state index contributed by atoms with van der Waals surface area (Å²) >= 11 is 0. The molecule has 4 heterocycles. The molecule has 3 aromatic heterocycles. The number of amides is 1. The van der Waals surface area contributed by atoms with E-state index in [0.29, 0.717) is 12.1 Å². The Morgan fingerprint density at radius 3 is 2.55 bits per heavy atom. The molecule has 0 radical (unpaired) electrons. The highest BCUT2D eigenvalue weighted by atomic mass is 19.4. The summed E-state index contributed by atoms with van der Waals surface area (Å²) in [6, 6.07) is 4.01. The van der Waals surface area contributed by atoms with Gasteiger partial charge in [0, 0.05) is 32.5 Å². The number of carboxylic acid groups (broad SMARTS) is 1. The molecule has 0 spiro atoms. The van der Waals surface area contributed by atoms with E-state index in [-0.39, 0.29) is 5.91 Å². The lowest BCUT2D eigenvalue weighted by Crippen LogP contribution is -2.33. The summed E-state index contributed by atoms with van der Waals surface area (Å²) in [5.74, 6) is 0.0353. The van der Waals surface area contributed by atoms with Crippen molar-refractivity contribution in [2.24, 2.45) is 7.05 Å². The second kappa shape index (κ2) is 9.90. The highest BCUT2D eigenvalue weighted by Crippen LogP contribution is 2.17. The molecule has 10 nitrogen and oxygen atoms in total. The molecular formula is C20H23F3N6O4. The number of fused-ring (bicyclic) bond motifs is 1. The number of furan rings is 1. The molecule has 178 valence electrons. The quantitative estimate of drug-likeness (QED) is 0.589. The summed E-state index contributed by atoms with van der Waals surface area (Å²) in [5.41, 5.74) is 1.42. The maximum atomic E-state index is 12.1. The minimum Gasteiger partial charge on any atom is -0.475 e. The van der Waals surface area contributed by atoms with E-state index in [2.05, 4.69) is 24.9 Å². The topological polar surface area (TPSA) is 118 Å². The van der Waals surface area contributed by atoms with Crippen LogP contribution in [0.4, 0.5) is 13.2 Å². The first-order valence-electron chi connectivity index (χ1n) is 9.91. The van der Waals surface area contributed by atoms with Gasteiger partial charge in [-0.3, -0.25) is 14.4 Å². The SMILES string of the molecule is Cc1ccc(CN2CCn3cc(CNC(=O)c4cnn(C)c4)nc3C2)o1.O=C(O)C(F)(F)F. The Morgan fingerprint density at radius 2 is 1.97 bits per heavy atom. The number of carbonyl (C=O) groups is 2. The number of nitrogens with zero attached hydrogens (tertiary/aromatic N) is 5. The van der Waals surface area contributed by atoms with Crippen molar-refractivity contribution in [2.45, 2.75) is 39.3 Å². The number of carbonyl (C=O) groups excluding carboxylic acids is 1. The average molecular weight is 468 g/mol. The van der Waals surface area contributed by atoms with Crippen LogP contribution in [0.2, 0.25) is 0 Å². The first-order valence-corrected chi connectivity index (χ1v) is 9.91. The predicted octanol–water partition coefficient (Wildman–Crippen LogP) is 2.10. The van der Waals surface area contributed by atoms with Gasteiger partial charge >= 0.3 is 12.1 Å². The van der Waals surface area contributed by atoms with E-state index in [1.165, 1.54) is 0 Å². The summed E-state index contributed by atoms with van der Waals surface area (Å²) in [4.78, 5) is 28.0. The second-order valence-corrected chi connectivity index (χ2v) is 7.45. The van der Waals surface area contributed by atoms with Crippen LogP contribution in [-0.2, 0) is 38.0 Å². The van der Waals surface area contributed by atoms with Gasteiger partial charge in [-0.05, 0) is 19.1 Å². The van der Waals surface area contributed by atoms with Crippen molar-refractivity contribution >= 4 is 11.9 Å². The Morgan fingerprint density at radius 1 is 1.24 bits per heavy atom. The lowest BCUT2D eigenvalue weighted by molar-refractivity contribution is -0.192. The van der Waals surface area contributed by atoms with Crippen LogP contribution in [0.1, 0.15) is 33.4 Å². The molecule has 33 heavy (non-hydrogen) atoms. The Hall–Kier alpha value is -3.61. The van der Waals surface area contributed by atoms with Crippen LogP contribution < -0.4 is 5.32 Å². The molecule has 1 amide bonds. The van der Waals surface area contributed by atoms with Crippen LogP contribution >= 0.6 is 0 Å². The summed E-state index contributed by atoms with van der Waals surface area (Å²) in [5, 5.41) is 14.0. The summed E-state index contributed by atoms with van der Waals surface area (Å²) in [6.45, 7) is 5.76. The van der Waals surface area contributed by atoms with Crippen molar-refractivity contribution in [2.75, 3.05) is 6.54 Å². The van der Waals surface area contributed by atoms with Gasteiger partial charge in [-0.25, -0.2) is 9.78 Å². The smallest absolute Gasteiger partial charge is 0.475 e. The molecule has 0 saturated carbocycles. The van der Waals surface area contributed by atoms with Gasteiger partial charge in [-0.15, -0.1) is 0 Å². The monoisotopic (exact) mass is 468 g/mol. The molecule has 0 atom stereocenters. The Kier molecular flexibility index (Phi) is 7.21. The number of carboxylic acids is 1. The lowest BCUT2D eigenvalue weighted by Gasteiger charge is -2.26. The van der Waals surface area contributed by atoms with E-state index < -0.39 is 12.1 Å². The maximum Gasteiger partial charge on any atom is 0.490 e. The average Bonchev–Trinajstić information content (AvgIpc) is 3.45. The number of rotatable bonds is 5. The van der Waals surface area contributed by atoms with Crippen LogP contribution in [0, 0.1) is 6.92 Å². The third-order valence-corrected chi connectivity index (χ3v) is 4.75. The Balaban J connectivity index is 0.000000383. The van der Waals surface area contributed by atoms with E-state index in [9.17, 15) is 18.0 Å². The fourth-order valence-corrected chi connectivity index (χ4v) is 3.18. The van der Waals surface area contributed by atoms with Gasteiger partial charge in [0.15, 0.2) is 0 Å². The number of hydrogen-bond donors (Lipinski definition) is 2. The van der Waals surface area contributed by atoms with Crippen molar-refractivity contribution in [1.29, 1.82) is 0 Å². The van der Waals surface area contributed by atoms with E-state index in [1.807, 2.05) is 25.3 Å². The molecule has 13 heteroatoms. The number of aryl methyl sites for hydroxylation is 2. The molecule has 4 rings (SSSR count). The number of aromatic nitrogens is 4. The van der Waals surface area contributed by atoms with Gasteiger partial charge in [0.1, 0.15) is 17.3 Å². The number of aliphatic carboxylic acids is 1. The van der Waals surface area contributed by atoms with Crippen LogP contribution in [0.5, 0.6) is 0 Å². The molecule has 0 unspecified atom stereocenters. The molecule has 0 bridgehead atoms. The summed E-state index contributed by atoms with van der Waals surface area (Å²) in [6.07, 6.45) is 0.191. The van der Waals surface area contributed by atoms with E-state index in [1.54, 1.807) is 24.1 Å². The lowest BCUT2D eigenvalue weighted by atomic mass is 10.3. The predicted molar refractivity (Wildman–Crippen MR) is 108 cm³/mol. The minimum atomic E-state index is -5.08. The molecule has 3 aromatic rings. The zero-order valence-electron chi connectivity index (χ0n) is 18.0. The summed E-state index contributed by atoms with van der Waals surface area (Å²) in [7, 11) is 1.79. The zero-order chi connectivity index (χ0) is 24.2. The largest absolute Gasteiger partial charge is 0.490 e. The minimum absolute atomic E-state index is 0.140. The van der Waals surface area contributed by atoms with Crippen molar-refractivity contribution in [3.8, 4) is 0 Å². The van der Waals surface area contributed by atoms with Gasteiger partial charge < -0.3 is 19.4 Å². The Labute approximate surface area is 186 Å². The fourth-order valence-electron chi connectivity index (χ4n) is 3.18. The number of halogens is 3. The first-order chi connectivity index (χ1) is 15.5. The Bertz CT molecular complexity index is 1120.